The summed E-state index contributed by atoms with van der Waals surface area (Å²) in [5.74, 6) is 1.30. The second-order valence-electron chi connectivity index (χ2n) is 6.32. The van der Waals surface area contributed by atoms with Crippen molar-refractivity contribution in [2.75, 3.05) is 7.11 Å². The van der Waals surface area contributed by atoms with Crippen LogP contribution in [0.25, 0.3) is 22.4 Å². The summed E-state index contributed by atoms with van der Waals surface area (Å²) < 4.78 is 24.2. The van der Waals surface area contributed by atoms with Crippen molar-refractivity contribution < 1.29 is 18.8 Å². The van der Waals surface area contributed by atoms with Crippen molar-refractivity contribution in [1.29, 1.82) is 0 Å². The zero-order valence-corrected chi connectivity index (χ0v) is 15.4. The fourth-order valence-electron chi connectivity index (χ4n) is 2.92. The molecule has 29 heavy (non-hydrogen) atoms. The lowest BCUT2D eigenvalue weighted by molar-refractivity contribution is -0.384. The van der Waals surface area contributed by atoms with Crippen molar-refractivity contribution in [2.45, 2.75) is 6.61 Å². The quantitative estimate of drug-likeness (QED) is 0.373. The van der Waals surface area contributed by atoms with Crippen molar-refractivity contribution in [3.8, 4) is 22.9 Å². The van der Waals surface area contributed by atoms with Gasteiger partial charge in [0.2, 0.25) is 0 Å². The van der Waals surface area contributed by atoms with Crippen LogP contribution in [0.1, 0.15) is 5.56 Å². The lowest BCUT2D eigenvalue weighted by Crippen LogP contribution is -1.98. The van der Waals surface area contributed by atoms with Crippen molar-refractivity contribution in [2.24, 2.45) is 0 Å². The van der Waals surface area contributed by atoms with Gasteiger partial charge in [-0.05, 0) is 42.0 Å². The molecule has 0 saturated heterocycles. The van der Waals surface area contributed by atoms with E-state index in [2.05, 4.69) is 9.97 Å². The van der Waals surface area contributed by atoms with Crippen LogP contribution in [0, 0.1) is 15.9 Å². The van der Waals surface area contributed by atoms with Crippen LogP contribution in [0.3, 0.4) is 0 Å². The molecule has 1 N–H and O–H groups in total. The van der Waals surface area contributed by atoms with Crippen molar-refractivity contribution in [3.63, 3.8) is 0 Å². The average molecular weight is 393 g/mol. The third kappa shape index (κ3) is 3.86. The number of nitrogens with zero attached hydrogens (tertiary/aromatic N) is 2. The zero-order chi connectivity index (χ0) is 20.4. The molecule has 0 aliphatic rings. The van der Waals surface area contributed by atoms with Gasteiger partial charge in [-0.3, -0.25) is 10.1 Å². The summed E-state index contributed by atoms with van der Waals surface area (Å²) in [5, 5.41) is 10.9. The number of fused-ring (bicyclic) bond motifs is 1. The van der Waals surface area contributed by atoms with Gasteiger partial charge in [0.15, 0.2) is 11.5 Å². The van der Waals surface area contributed by atoms with Crippen LogP contribution in [-0.4, -0.2) is 22.0 Å². The van der Waals surface area contributed by atoms with E-state index in [1.165, 1.54) is 31.4 Å². The Hall–Kier alpha value is -3.94. The van der Waals surface area contributed by atoms with E-state index in [0.717, 1.165) is 11.1 Å². The van der Waals surface area contributed by atoms with Gasteiger partial charge in [0.1, 0.15) is 18.2 Å². The second-order valence-corrected chi connectivity index (χ2v) is 6.32. The van der Waals surface area contributed by atoms with Gasteiger partial charge in [0.05, 0.1) is 23.1 Å². The molecule has 0 atom stereocenters. The largest absolute Gasteiger partial charge is 0.493 e. The number of nitrogens with one attached hydrogen (secondary N) is 1. The molecule has 4 rings (SSSR count). The summed E-state index contributed by atoms with van der Waals surface area (Å²) in [6, 6.07) is 15.9. The number of benzene rings is 3. The molecule has 0 amide bonds. The Kier molecular flexibility index (Phi) is 4.82. The van der Waals surface area contributed by atoms with Gasteiger partial charge in [-0.15, -0.1) is 0 Å². The minimum Gasteiger partial charge on any atom is -0.493 e. The summed E-state index contributed by atoms with van der Waals surface area (Å²) >= 11 is 0. The number of ether oxygens (including phenoxy) is 2. The van der Waals surface area contributed by atoms with E-state index in [0.29, 0.717) is 28.4 Å². The molecule has 1 aromatic heterocycles. The molecule has 0 radical (unpaired) electrons. The number of aromatic amines is 1. The Morgan fingerprint density at radius 2 is 1.86 bits per heavy atom. The van der Waals surface area contributed by atoms with E-state index in [-0.39, 0.29) is 18.1 Å². The Labute approximate surface area is 164 Å². The molecule has 0 aliphatic carbocycles. The molecule has 8 heteroatoms. The Morgan fingerprint density at radius 3 is 2.59 bits per heavy atom. The number of nitro groups is 1. The maximum Gasteiger partial charge on any atom is 0.271 e. The first kappa shape index (κ1) is 18.4. The minimum absolute atomic E-state index is 0.00479. The van der Waals surface area contributed by atoms with Gasteiger partial charge in [0.25, 0.3) is 5.69 Å². The summed E-state index contributed by atoms with van der Waals surface area (Å²) in [6.07, 6.45) is 0. The predicted molar refractivity (Wildman–Crippen MR) is 105 cm³/mol. The van der Waals surface area contributed by atoms with E-state index in [1.54, 1.807) is 30.3 Å². The van der Waals surface area contributed by atoms with Crippen LogP contribution in [0.5, 0.6) is 11.5 Å². The fraction of sp³-hybridized carbons (Fsp3) is 0.0952. The second kappa shape index (κ2) is 7.59. The number of methoxy groups -OCH3 is 1. The number of rotatable bonds is 6. The number of imidazole rings is 1. The minimum atomic E-state index is -0.448. The molecular formula is C21H16FN3O4. The van der Waals surface area contributed by atoms with Gasteiger partial charge >= 0.3 is 0 Å². The Balaban J connectivity index is 1.59. The van der Waals surface area contributed by atoms with E-state index >= 15 is 0 Å². The predicted octanol–water partition coefficient (Wildman–Crippen LogP) is 4.86. The number of nitro benzene ring substituents is 1. The van der Waals surface area contributed by atoms with Crippen molar-refractivity contribution >= 4 is 16.7 Å². The Bertz CT molecular complexity index is 1190. The lowest BCUT2D eigenvalue weighted by atomic mass is 10.2. The first-order chi connectivity index (χ1) is 14.0. The van der Waals surface area contributed by atoms with Crippen molar-refractivity contribution in [3.05, 3.63) is 82.2 Å². The summed E-state index contributed by atoms with van der Waals surface area (Å²) in [4.78, 5) is 18.1. The topological polar surface area (TPSA) is 90.3 Å². The highest BCUT2D eigenvalue weighted by Gasteiger charge is 2.13. The highest BCUT2D eigenvalue weighted by molar-refractivity contribution is 5.81. The van der Waals surface area contributed by atoms with E-state index in [1.807, 2.05) is 6.07 Å². The standard InChI is InChI=1S/C21H16FN3O4/c1-28-20-10-14(4-9-19(20)29-12-13-2-5-15(22)6-3-13)21-23-17-8-7-16(25(26)27)11-18(17)24-21/h2-11H,12H2,1H3,(H,23,24). The lowest BCUT2D eigenvalue weighted by Gasteiger charge is -2.12. The van der Waals surface area contributed by atoms with Crippen LogP contribution in [-0.2, 0) is 6.61 Å². The first-order valence-electron chi connectivity index (χ1n) is 8.73. The molecule has 3 aromatic carbocycles. The number of hydrogen-bond acceptors (Lipinski definition) is 5. The first-order valence-corrected chi connectivity index (χ1v) is 8.73. The van der Waals surface area contributed by atoms with Gasteiger partial charge in [0, 0.05) is 17.7 Å². The molecule has 0 spiro atoms. The van der Waals surface area contributed by atoms with E-state index in [4.69, 9.17) is 9.47 Å². The smallest absolute Gasteiger partial charge is 0.271 e. The molecule has 146 valence electrons. The van der Waals surface area contributed by atoms with Crippen LogP contribution >= 0.6 is 0 Å². The van der Waals surface area contributed by atoms with Crippen LogP contribution in [0.15, 0.2) is 60.7 Å². The molecule has 0 fully saturated rings. The number of aromatic nitrogens is 2. The van der Waals surface area contributed by atoms with Crippen molar-refractivity contribution in [1.82, 2.24) is 9.97 Å². The van der Waals surface area contributed by atoms with Gasteiger partial charge in [-0.1, -0.05) is 12.1 Å². The highest BCUT2D eigenvalue weighted by Crippen LogP contribution is 2.33. The zero-order valence-electron chi connectivity index (χ0n) is 15.4. The molecule has 7 nitrogen and oxygen atoms in total. The average Bonchev–Trinajstić information content (AvgIpc) is 3.16. The van der Waals surface area contributed by atoms with Gasteiger partial charge in [-0.25, -0.2) is 9.37 Å². The summed E-state index contributed by atoms with van der Waals surface area (Å²) in [5.41, 5.74) is 2.77. The maximum absolute atomic E-state index is 13.0. The van der Waals surface area contributed by atoms with E-state index < -0.39 is 4.92 Å². The number of halogens is 1. The SMILES string of the molecule is COc1cc(-c2nc3ccc([N+](=O)[O-])cc3[nH]2)ccc1OCc1ccc(F)cc1. The monoisotopic (exact) mass is 393 g/mol. The molecule has 0 bridgehead atoms. The molecule has 0 unspecified atom stereocenters. The van der Waals surface area contributed by atoms with E-state index in [9.17, 15) is 14.5 Å². The third-order valence-electron chi connectivity index (χ3n) is 4.42. The Morgan fingerprint density at radius 1 is 1.07 bits per heavy atom. The normalized spacial score (nSPS) is 10.8. The van der Waals surface area contributed by atoms with Gasteiger partial charge in [-0.2, -0.15) is 0 Å². The van der Waals surface area contributed by atoms with Gasteiger partial charge < -0.3 is 14.5 Å². The molecular weight excluding hydrogens is 377 g/mol. The third-order valence-corrected chi connectivity index (χ3v) is 4.42. The summed E-state index contributed by atoms with van der Waals surface area (Å²) in [7, 11) is 1.53. The van der Waals surface area contributed by atoms with Crippen LogP contribution in [0.2, 0.25) is 0 Å². The molecule has 0 saturated carbocycles. The van der Waals surface area contributed by atoms with Crippen LogP contribution in [0.4, 0.5) is 10.1 Å². The summed E-state index contributed by atoms with van der Waals surface area (Å²) in [6.45, 7) is 0.268. The molecule has 4 aromatic rings. The maximum atomic E-state index is 13.0. The molecule has 1 heterocycles. The number of non-ortho nitro benzene ring substituents is 1. The van der Waals surface area contributed by atoms with Crippen LogP contribution < -0.4 is 9.47 Å². The fourth-order valence-corrected chi connectivity index (χ4v) is 2.92. The highest BCUT2D eigenvalue weighted by atomic mass is 19.1. The molecule has 0 aliphatic heterocycles. The number of H-pyrrole nitrogens is 1. The number of hydrogen-bond donors (Lipinski definition) is 1.